The van der Waals surface area contributed by atoms with E-state index in [-0.39, 0.29) is 40.3 Å². The van der Waals surface area contributed by atoms with E-state index in [0.29, 0.717) is 23.2 Å². The number of ether oxygens (including phenoxy) is 2. The second-order valence-corrected chi connectivity index (χ2v) is 11.4. The third-order valence-corrected chi connectivity index (χ3v) is 8.76. The van der Waals surface area contributed by atoms with E-state index in [1.54, 1.807) is 18.5 Å². The molecule has 2 N–H and O–H groups in total. The van der Waals surface area contributed by atoms with E-state index in [9.17, 15) is 4.39 Å². The maximum Gasteiger partial charge on any atom is 0.163 e. The van der Waals surface area contributed by atoms with Crippen LogP contribution in [-0.2, 0) is 15.9 Å². The molecule has 7 nitrogen and oxygen atoms in total. The van der Waals surface area contributed by atoms with E-state index in [4.69, 9.17) is 26.8 Å². The number of halogens is 2. The summed E-state index contributed by atoms with van der Waals surface area (Å²) in [6, 6.07) is 7.26. The fourth-order valence-electron chi connectivity index (χ4n) is 6.77. The van der Waals surface area contributed by atoms with Crippen LogP contribution in [0.2, 0.25) is 5.02 Å². The Morgan fingerprint density at radius 3 is 2.86 bits per heavy atom. The minimum Gasteiger partial charge on any atom is -0.382 e. The average molecular weight is 508 g/mol. The van der Waals surface area contributed by atoms with Gasteiger partial charge in [-0.2, -0.15) is 0 Å². The van der Waals surface area contributed by atoms with Crippen LogP contribution in [0.1, 0.15) is 44.0 Å². The van der Waals surface area contributed by atoms with Crippen LogP contribution in [0.5, 0.6) is 0 Å². The molecule has 9 heteroatoms. The Kier molecular flexibility index (Phi) is 4.58. The molecule has 4 aromatic rings. The fourth-order valence-corrected chi connectivity index (χ4v) is 6.92. The Labute approximate surface area is 212 Å². The number of benzene rings is 1. The molecule has 3 aromatic heterocycles. The summed E-state index contributed by atoms with van der Waals surface area (Å²) in [5.74, 6) is -0.385. The highest BCUT2D eigenvalue weighted by Gasteiger charge is 2.75. The molecule has 186 valence electrons. The average Bonchev–Trinajstić information content (AvgIpc) is 3.08. The van der Waals surface area contributed by atoms with Gasteiger partial charge in [-0.05, 0) is 75.8 Å². The summed E-state index contributed by atoms with van der Waals surface area (Å²) in [5, 5.41) is 1.70. The highest BCUT2D eigenvalue weighted by Crippen LogP contribution is 2.73. The topological polar surface area (TPSA) is 88.1 Å². The van der Waals surface area contributed by atoms with Crippen molar-refractivity contribution in [1.29, 1.82) is 0 Å². The molecular formula is C27H27ClFN5O2. The smallest absolute Gasteiger partial charge is 0.163 e. The zero-order valence-electron chi connectivity index (χ0n) is 20.3. The molecule has 1 saturated heterocycles. The lowest BCUT2D eigenvalue weighted by atomic mass is 9.91. The molecule has 0 amide bonds. The summed E-state index contributed by atoms with van der Waals surface area (Å²) in [4.78, 5) is 13.3. The molecule has 2 saturated carbocycles. The normalized spacial score (nSPS) is 30.1. The molecule has 36 heavy (non-hydrogen) atoms. The molecule has 4 heterocycles. The van der Waals surface area contributed by atoms with Gasteiger partial charge in [-0.3, -0.25) is 0 Å². The summed E-state index contributed by atoms with van der Waals surface area (Å²) in [6.07, 6.45) is 6.26. The molecular weight excluding hydrogens is 481 g/mol. The number of fused-ring (bicyclic) bond motifs is 5. The zero-order valence-corrected chi connectivity index (χ0v) is 21.1. The van der Waals surface area contributed by atoms with Gasteiger partial charge in [0.1, 0.15) is 29.7 Å². The summed E-state index contributed by atoms with van der Waals surface area (Å²) in [7, 11) is 0. The molecule has 1 aliphatic heterocycles. The Morgan fingerprint density at radius 2 is 2.03 bits per heavy atom. The molecule has 1 aromatic carbocycles. The van der Waals surface area contributed by atoms with Crippen LogP contribution < -0.4 is 5.73 Å². The summed E-state index contributed by atoms with van der Waals surface area (Å²) in [6.45, 7) is 5.96. The molecule has 0 unspecified atom stereocenters. The minimum atomic E-state index is -0.655. The van der Waals surface area contributed by atoms with Crippen molar-refractivity contribution >= 4 is 39.4 Å². The summed E-state index contributed by atoms with van der Waals surface area (Å²) in [5.41, 5.74) is 9.16. The van der Waals surface area contributed by atoms with Gasteiger partial charge in [0, 0.05) is 22.4 Å². The van der Waals surface area contributed by atoms with Crippen molar-refractivity contribution < 1.29 is 13.9 Å². The number of nitrogens with two attached hydrogens (primary N) is 1. The zero-order chi connectivity index (χ0) is 25.0. The van der Waals surface area contributed by atoms with Gasteiger partial charge in [-0.15, -0.1) is 0 Å². The van der Waals surface area contributed by atoms with E-state index in [0.717, 1.165) is 35.1 Å². The van der Waals surface area contributed by atoms with Gasteiger partial charge in [-0.1, -0.05) is 11.6 Å². The first-order valence-corrected chi connectivity index (χ1v) is 12.7. The van der Waals surface area contributed by atoms with Crippen LogP contribution in [0.15, 0.2) is 36.8 Å². The van der Waals surface area contributed by atoms with Gasteiger partial charge in [-0.25, -0.2) is 19.3 Å². The van der Waals surface area contributed by atoms with Crippen molar-refractivity contribution in [3.8, 4) is 0 Å². The molecule has 7 rings (SSSR count). The van der Waals surface area contributed by atoms with Gasteiger partial charge in [0.15, 0.2) is 5.79 Å². The lowest BCUT2D eigenvalue weighted by Crippen LogP contribution is -2.32. The van der Waals surface area contributed by atoms with E-state index in [1.165, 1.54) is 0 Å². The predicted octanol–water partition coefficient (Wildman–Crippen LogP) is 5.38. The van der Waals surface area contributed by atoms with Crippen molar-refractivity contribution in [3.05, 3.63) is 58.9 Å². The number of hydrogen-bond acceptors (Lipinski definition) is 6. The van der Waals surface area contributed by atoms with Crippen LogP contribution in [0.3, 0.4) is 0 Å². The van der Waals surface area contributed by atoms with Gasteiger partial charge >= 0.3 is 0 Å². The molecule has 0 spiro atoms. The van der Waals surface area contributed by atoms with Crippen LogP contribution >= 0.6 is 11.6 Å². The van der Waals surface area contributed by atoms with Crippen LogP contribution in [-0.4, -0.2) is 37.5 Å². The standard InChI is InChI=1S/C27H27ClFN5O2/c1-13-15-5-7-34(25(15)32-12-31-13)21-17-11-27(17,23-22(21)35-26(2,3)36-23)6-4-14-8-19(29)16-10-18(28)24(30)33-20(16)9-14/h5,7-10,12,17,21-23H,4,6,11H2,1-3H3,(H2,30,33)/t17-,21-,22+,23+,27-/m1/s1. The Hall–Kier alpha value is -2.81. The molecule has 0 radical (unpaired) electrons. The number of anilines is 1. The van der Waals surface area contributed by atoms with Crippen LogP contribution in [0.25, 0.3) is 21.9 Å². The number of pyridine rings is 1. The van der Waals surface area contributed by atoms with Gasteiger partial charge in [0.25, 0.3) is 0 Å². The SMILES string of the molecule is Cc1ncnc2c1ccn2[C@H]1[C@@H]2OC(C)(C)O[C@@H]2[C@]2(CCc3cc(F)c4cc(Cl)c(N)nc4c3)C[C@H]12. The second kappa shape index (κ2) is 7.37. The second-order valence-electron chi connectivity index (χ2n) is 11.0. The van der Waals surface area contributed by atoms with Crippen molar-refractivity contribution in [2.24, 2.45) is 11.3 Å². The molecule has 0 bridgehead atoms. The third-order valence-electron chi connectivity index (χ3n) is 8.46. The first-order chi connectivity index (χ1) is 17.2. The fraction of sp³-hybridized carbons (Fsp3) is 0.444. The van der Waals surface area contributed by atoms with Gasteiger partial charge in [0.05, 0.1) is 28.4 Å². The quantitative estimate of drug-likeness (QED) is 0.399. The number of nitrogen functional groups attached to an aromatic ring is 1. The highest BCUT2D eigenvalue weighted by molar-refractivity contribution is 6.33. The maximum atomic E-state index is 14.9. The summed E-state index contributed by atoms with van der Waals surface area (Å²) < 4.78 is 30.2. The van der Waals surface area contributed by atoms with E-state index >= 15 is 0 Å². The first kappa shape index (κ1) is 22.4. The van der Waals surface area contributed by atoms with E-state index < -0.39 is 5.79 Å². The largest absolute Gasteiger partial charge is 0.382 e. The highest BCUT2D eigenvalue weighted by atomic mass is 35.5. The number of rotatable bonds is 4. The van der Waals surface area contributed by atoms with Crippen molar-refractivity contribution in [2.75, 3.05) is 5.73 Å². The molecule has 3 fully saturated rings. The van der Waals surface area contributed by atoms with Crippen molar-refractivity contribution in [1.82, 2.24) is 19.5 Å². The van der Waals surface area contributed by atoms with Gasteiger partial charge in [0.2, 0.25) is 0 Å². The lowest BCUT2D eigenvalue weighted by molar-refractivity contribution is -0.161. The Balaban J connectivity index is 1.22. The maximum absolute atomic E-state index is 14.9. The van der Waals surface area contributed by atoms with E-state index in [1.807, 2.05) is 26.8 Å². The summed E-state index contributed by atoms with van der Waals surface area (Å²) >= 11 is 6.06. The Bertz CT molecular complexity index is 1550. The molecule has 5 atom stereocenters. The molecule has 2 aliphatic carbocycles. The number of aryl methyl sites for hydroxylation is 2. The predicted molar refractivity (Wildman–Crippen MR) is 135 cm³/mol. The first-order valence-electron chi connectivity index (χ1n) is 12.3. The van der Waals surface area contributed by atoms with E-state index in [2.05, 4.69) is 31.8 Å². The van der Waals surface area contributed by atoms with Crippen LogP contribution in [0, 0.1) is 24.1 Å². The third kappa shape index (κ3) is 3.14. The van der Waals surface area contributed by atoms with Crippen molar-refractivity contribution in [2.45, 2.75) is 64.1 Å². The van der Waals surface area contributed by atoms with Crippen molar-refractivity contribution in [3.63, 3.8) is 0 Å². The van der Waals surface area contributed by atoms with Crippen LogP contribution in [0.4, 0.5) is 10.2 Å². The number of nitrogens with zero attached hydrogens (tertiary/aromatic N) is 4. The minimum absolute atomic E-state index is 0.0271. The number of aromatic nitrogens is 4. The van der Waals surface area contributed by atoms with Gasteiger partial charge < -0.3 is 19.8 Å². The molecule has 3 aliphatic rings. The lowest BCUT2D eigenvalue weighted by Gasteiger charge is -2.24. The Morgan fingerprint density at radius 1 is 1.19 bits per heavy atom. The monoisotopic (exact) mass is 507 g/mol. The number of hydrogen-bond donors (Lipinski definition) is 1.